The maximum atomic E-state index is 5.59. The summed E-state index contributed by atoms with van der Waals surface area (Å²) in [6, 6.07) is 7.82. The molecule has 3 heteroatoms. The van der Waals surface area contributed by atoms with Gasteiger partial charge in [0.2, 0.25) is 0 Å². The van der Waals surface area contributed by atoms with Crippen LogP contribution in [0.1, 0.15) is 6.92 Å². The molecule has 11 heavy (non-hydrogen) atoms. The maximum Gasteiger partial charge on any atom is 0.0325 e. The molecule has 1 aromatic carbocycles. The Labute approximate surface area is 71.3 Å². The van der Waals surface area contributed by atoms with Gasteiger partial charge in [-0.25, -0.2) is 0 Å². The van der Waals surface area contributed by atoms with Gasteiger partial charge in [-0.1, -0.05) is 13.0 Å². The topological polar surface area (TPSA) is 38.0 Å². The Morgan fingerprint density at radius 3 is 3.00 bits per heavy atom. The van der Waals surface area contributed by atoms with Crippen molar-refractivity contribution in [3.8, 4) is 0 Å². The molecule has 3 N–H and O–H groups in total. The summed E-state index contributed by atoms with van der Waals surface area (Å²) in [4.78, 5) is 1.16. The first-order valence-electron chi connectivity index (χ1n) is 3.58. The van der Waals surface area contributed by atoms with Gasteiger partial charge in [0.1, 0.15) is 0 Å². The summed E-state index contributed by atoms with van der Waals surface area (Å²) in [6.07, 6.45) is 0. The quantitative estimate of drug-likeness (QED) is 0.534. The Morgan fingerprint density at radius 1 is 1.55 bits per heavy atom. The Morgan fingerprint density at radius 2 is 2.36 bits per heavy atom. The van der Waals surface area contributed by atoms with Crippen LogP contribution in [0, 0.1) is 0 Å². The highest BCUT2D eigenvalue weighted by Gasteiger charge is 1.91. The minimum Gasteiger partial charge on any atom is -0.399 e. The third-order valence-corrected chi connectivity index (χ3v) is 2.12. The average molecular weight is 168 g/mol. The zero-order valence-electron chi connectivity index (χ0n) is 6.50. The number of rotatable bonds is 3. The lowest BCUT2D eigenvalue weighted by Gasteiger charge is -2.00. The van der Waals surface area contributed by atoms with Crippen molar-refractivity contribution in [2.45, 2.75) is 11.8 Å². The number of hydrogen-bond donors (Lipinski definition) is 2. The smallest absolute Gasteiger partial charge is 0.0325 e. The third-order valence-electron chi connectivity index (χ3n) is 1.19. The Kier molecular flexibility index (Phi) is 3.26. The number of nitrogens with two attached hydrogens (primary N) is 1. The Balaban J connectivity index is 2.56. The SMILES string of the molecule is CCNSc1cccc(N)c1. The summed E-state index contributed by atoms with van der Waals surface area (Å²) in [5, 5.41) is 0. The van der Waals surface area contributed by atoms with Gasteiger partial charge < -0.3 is 5.73 Å². The van der Waals surface area contributed by atoms with Gasteiger partial charge in [0.05, 0.1) is 0 Å². The van der Waals surface area contributed by atoms with Gasteiger partial charge in [0, 0.05) is 17.1 Å². The second-order valence-electron chi connectivity index (χ2n) is 2.17. The molecule has 60 valence electrons. The maximum absolute atomic E-state index is 5.59. The van der Waals surface area contributed by atoms with Gasteiger partial charge in [0.25, 0.3) is 0 Å². The van der Waals surface area contributed by atoms with Gasteiger partial charge in [0.15, 0.2) is 0 Å². The summed E-state index contributed by atoms with van der Waals surface area (Å²) < 4.78 is 3.15. The fraction of sp³-hybridized carbons (Fsp3) is 0.250. The zero-order chi connectivity index (χ0) is 8.10. The predicted octanol–water partition coefficient (Wildman–Crippen LogP) is 1.89. The van der Waals surface area contributed by atoms with E-state index in [9.17, 15) is 0 Å². The lowest BCUT2D eigenvalue weighted by molar-refractivity contribution is 1.03. The van der Waals surface area contributed by atoms with Crippen LogP contribution in [-0.2, 0) is 0 Å². The van der Waals surface area contributed by atoms with Crippen LogP contribution in [0.4, 0.5) is 5.69 Å². The molecule has 0 aromatic heterocycles. The summed E-state index contributed by atoms with van der Waals surface area (Å²) in [5.74, 6) is 0. The minimum absolute atomic E-state index is 0.813. The van der Waals surface area contributed by atoms with Gasteiger partial charge >= 0.3 is 0 Å². The highest BCUT2D eigenvalue weighted by molar-refractivity contribution is 7.97. The van der Waals surface area contributed by atoms with Crippen molar-refractivity contribution in [1.29, 1.82) is 0 Å². The molecule has 0 aliphatic heterocycles. The highest BCUT2D eigenvalue weighted by Crippen LogP contribution is 2.16. The van der Waals surface area contributed by atoms with Crippen LogP contribution in [0.25, 0.3) is 0 Å². The van der Waals surface area contributed by atoms with Crippen molar-refractivity contribution in [2.24, 2.45) is 0 Å². The molecular formula is C8H12N2S. The van der Waals surface area contributed by atoms with E-state index in [4.69, 9.17) is 5.73 Å². The summed E-state index contributed by atoms with van der Waals surface area (Å²) in [5.41, 5.74) is 6.40. The average Bonchev–Trinajstić information content (AvgIpc) is 2.01. The number of hydrogen-bond acceptors (Lipinski definition) is 3. The van der Waals surface area contributed by atoms with Crippen molar-refractivity contribution < 1.29 is 0 Å². The number of nitrogen functional groups attached to an aromatic ring is 1. The lowest BCUT2D eigenvalue weighted by atomic mass is 10.3. The fourth-order valence-corrected chi connectivity index (χ4v) is 1.39. The molecule has 0 atom stereocenters. The van der Waals surface area contributed by atoms with Crippen molar-refractivity contribution in [1.82, 2.24) is 4.72 Å². The van der Waals surface area contributed by atoms with E-state index in [0.29, 0.717) is 0 Å². The number of anilines is 1. The molecule has 0 saturated carbocycles. The van der Waals surface area contributed by atoms with E-state index >= 15 is 0 Å². The molecule has 0 saturated heterocycles. The van der Waals surface area contributed by atoms with Gasteiger partial charge in [-0.15, -0.1) is 0 Å². The lowest BCUT2D eigenvalue weighted by Crippen LogP contribution is -1.99. The van der Waals surface area contributed by atoms with E-state index in [-0.39, 0.29) is 0 Å². The summed E-state index contributed by atoms with van der Waals surface area (Å²) >= 11 is 1.60. The molecule has 0 unspecified atom stereocenters. The molecule has 0 radical (unpaired) electrons. The molecule has 0 amide bonds. The monoisotopic (exact) mass is 168 g/mol. The predicted molar refractivity (Wildman–Crippen MR) is 50.4 cm³/mol. The molecule has 0 heterocycles. The van der Waals surface area contributed by atoms with Crippen molar-refractivity contribution in [2.75, 3.05) is 12.3 Å². The second kappa shape index (κ2) is 4.26. The van der Waals surface area contributed by atoms with E-state index in [1.54, 1.807) is 11.9 Å². The summed E-state index contributed by atoms with van der Waals surface area (Å²) in [6.45, 7) is 3.03. The van der Waals surface area contributed by atoms with Crippen molar-refractivity contribution in [3.63, 3.8) is 0 Å². The highest BCUT2D eigenvalue weighted by atomic mass is 32.2. The van der Waals surface area contributed by atoms with E-state index in [0.717, 1.165) is 17.1 Å². The third kappa shape index (κ3) is 2.82. The van der Waals surface area contributed by atoms with Gasteiger partial charge in [-0.3, -0.25) is 4.72 Å². The van der Waals surface area contributed by atoms with Crippen LogP contribution < -0.4 is 10.5 Å². The van der Waals surface area contributed by atoms with Crippen LogP contribution in [0.2, 0.25) is 0 Å². The van der Waals surface area contributed by atoms with Crippen LogP contribution in [0.5, 0.6) is 0 Å². The molecule has 0 bridgehead atoms. The molecule has 1 rings (SSSR count). The van der Waals surface area contributed by atoms with E-state index in [2.05, 4.69) is 11.6 Å². The van der Waals surface area contributed by atoms with Crippen LogP contribution >= 0.6 is 11.9 Å². The Bertz CT molecular complexity index is 225. The molecular weight excluding hydrogens is 156 g/mol. The standard InChI is InChI=1S/C8H12N2S/c1-2-10-11-8-5-3-4-7(9)6-8/h3-6,10H,2,9H2,1H3. The number of nitrogens with one attached hydrogen (secondary N) is 1. The number of benzene rings is 1. The normalized spacial score (nSPS) is 9.91. The fourth-order valence-electron chi connectivity index (χ4n) is 0.734. The molecule has 0 aliphatic carbocycles. The summed E-state index contributed by atoms with van der Waals surface area (Å²) in [7, 11) is 0. The van der Waals surface area contributed by atoms with Crippen LogP contribution in [0.15, 0.2) is 29.2 Å². The van der Waals surface area contributed by atoms with Crippen molar-refractivity contribution >= 4 is 17.6 Å². The second-order valence-corrected chi connectivity index (χ2v) is 3.14. The Hall–Kier alpha value is -0.670. The molecule has 0 fully saturated rings. The van der Waals surface area contributed by atoms with E-state index in [1.807, 2.05) is 24.3 Å². The first-order chi connectivity index (χ1) is 5.33. The molecule has 1 aromatic rings. The van der Waals surface area contributed by atoms with Crippen LogP contribution in [0.3, 0.4) is 0 Å². The van der Waals surface area contributed by atoms with E-state index < -0.39 is 0 Å². The molecule has 0 spiro atoms. The zero-order valence-corrected chi connectivity index (χ0v) is 7.32. The first-order valence-corrected chi connectivity index (χ1v) is 4.40. The van der Waals surface area contributed by atoms with Crippen LogP contribution in [-0.4, -0.2) is 6.54 Å². The van der Waals surface area contributed by atoms with E-state index in [1.165, 1.54) is 0 Å². The molecule has 2 nitrogen and oxygen atoms in total. The van der Waals surface area contributed by atoms with Gasteiger partial charge in [-0.05, 0) is 30.1 Å². The largest absolute Gasteiger partial charge is 0.399 e. The first kappa shape index (κ1) is 8.43. The van der Waals surface area contributed by atoms with Crippen molar-refractivity contribution in [3.05, 3.63) is 24.3 Å². The molecule has 0 aliphatic rings. The van der Waals surface area contributed by atoms with Gasteiger partial charge in [-0.2, -0.15) is 0 Å². The minimum atomic E-state index is 0.813.